The third kappa shape index (κ3) is 4.51. The average Bonchev–Trinajstić information content (AvgIpc) is 3.05. The molecular formula is C15H17F4NO5S. The first-order chi connectivity index (χ1) is 12.1. The number of halogens is 4. The zero-order valence-electron chi connectivity index (χ0n) is 13.4. The fraction of sp³-hybridized carbons (Fsp3) is 0.533. The van der Waals surface area contributed by atoms with Crippen LogP contribution in [0, 0.1) is 0 Å². The Morgan fingerprint density at radius 3 is 2.69 bits per heavy atom. The van der Waals surface area contributed by atoms with Gasteiger partial charge in [-0.15, -0.1) is 0 Å². The van der Waals surface area contributed by atoms with Gasteiger partial charge in [0.05, 0.1) is 11.5 Å². The molecule has 11 heteroatoms. The van der Waals surface area contributed by atoms with Crippen LogP contribution in [0.15, 0.2) is 29.2 Å². The van der Waals surface area contributed by atoms with E-state index in [-0.39, 0.29) is 23.4 Å². The monoisotopic (exact) mass is 399 g/mol. The lowest BCUT2D eigenvalue weighted by Crippen LogP contribution is -2.40. The molecule has 1 aliphatic heterocycles. The molecule has 2 rings (SSSR count). The van der Waals surface area contributed by atoms with Gasteiger partial charge >= 0.3 is 18.3 Å². The molecule has 6 nitrogen and oxygen atoms in total. The van der Waals surface area contributed by atoms with Crippen molar-refractivity contribution in [1.82, 2.24) is 4.31 Å². The number of benzene rings is 1. The van der Waals surface area contributed by atoms with Crippen molar-refractivity contribution in [2.24, 2.45) is 0 Å². The van der Waals surface area contributed by atoms with Gasteiger partial charge in [-0.25, -0.2) is 17.2 Å². The quantitative estimate of drug-likeness (QED) is 0.679. The Hall–Kier alpha value is -1.72. The number of hydrogen-bond acceptors (Lipinski definition) is 4. The number of sulfonamides is 1. The van der Waals surface area contributed by atoms with Gasteiger partial charge in [-0.2, -0.15) is 13.1 Å². The highest BCUT2D eigenvalue weighted by Gasteiger charge is 2.41. The first-order valence-corrected chi connectivity index (χ1v) is 9.07. The maximum atomic E-state index is 12.8. The molecule has 1 N–H and O–H groups in total. The SMILES string of the molecule is O=C(O)[C@H]1CCCN1S(=O)(=O)c1cccc(COCC(F)(F)C(F)F)c1. The summed E-state index contributed by atoms with van der Waals surface area (Å²) in [5.41, 5.74) is 0.183. The molecule has 1 aliphatic rings. The van der Waals surface area contributed by atoms with Crippen LogP contribution in [0.25, 0.3) is 0 Å². The van der Waals surface area contributed by atoms with Gasteiger partial charge in [0.2, 0.25) is 10.0 Å². The lowest BCUT2D eigenvalue weighted by molar-refractivity contribution is -0.168. The van der Waals surface area contributed by atoms with E-state index in [2.05, 4.69) is 4.74 Å². The van der Waals surface area contributed by atoms with Gasteiger partial charge in [0.25, 0.3) is 0 Å². The van der Waals surface area contributed by atoms with Crippen molar-refractivity contribution in [3.05, 3.63) is 29.8 Å². The average molecular weight is 399 g/mol. The summed E-state index contributed by atoms with van der Waals surface area (Å²) in [5.74, 6) is -5.55. The van der Waals surface area contributed by atoms with Gasteiger partial charge in [-0.1, -0.05) is 12.1 Å². The highest BCUT2D eigenvalue weighted by molar-refractivity contribution is 7.89. The Morgan fingerprint density at radius 1 is 1.38 bits per heavy atom. The third-order valence-corrected chi connectivity index (χ3v) is 5.78. The van der Waals surface area contributed by atoms with Crippen molar-refractivity contribution in [2.45, 2.75) is 42.7 Å². The number of nitrogens with zero attached hydrogens (tertiary/aromatic N) is 1. The van der Waals surface area contributed by atoms with Gasteiger partial charge in [0.15, 0.2) is 0 Å². The summed E-state index contributed by atoms with van der Waals surface area (Å²) in [6.07, 6.45) is -3.26. The van der Waals surface area contributed by atoms with Crippen LogP contribution in [0.2, 0.25) is 0 Å². The molecule has 0 saturated carbocycles. The topological polar surface area (TPSA) is 83.9 Å². The molecule has 1 saturated heterocycles. The molecule has 1 aromatic rings. The largest absolute Gasteiger partial charge is 0.480 e. The fourth-order valence-electron chi connectivity index (χ4n) is 2.57. The fourth-order valence-corrected chi connectivity index (χ4v) is 4.30. The van der Waals surface area contributed by atoms with E-state index in [1.165, 1.54) is 18.2 Å². The Balaban J connectivity index is 2.12. The second-order valence-corrected chi connectivity index (χ2v) is 7.70. The molecule has 1 heterocycles. The molecule has 0 bridgehead atoms. The zero-order valence-corrected chi connectivity index (χ0v) is 14.3. The first-order valence-electron chi connectivity index (χ1n) is 7.63. The van der Waals surface area contributed by atoms with Crippen LogP contribution >= 0.6 is 0 Å². The summed E-state index contributed by atoms with van der Waals surface area (Å²) < 4.78 is 80.5. The molecule has 0 spiro atoms. The van der Waals surface area contributed by atoms with Crippen LogP contribution in [-0.2, 0) is 26.2 Å². The Kier molecular flexibility index (Phi) is 6.25. The maximum Gasteiger partial charge on any atom is 0.330 e. The van der Waals surface area contributed by atoms with E-state index in [0.717, 1.165) is 10.4 Å². The van der Waals surface area contributed by atoms with Gasteiger partial charge in [-0.3, -0.25) is 4.79 Å². The van der Waals surface area contributed by atoms with Crippen molar-refractivity contribution in [3.63, 3.8) is 0 Å². The second kappa shape index (κ2) is 7.89. The third-order valence-electron chi connectivity index (χ3n) is 3.88. The molecule has 146 valence electrons. The van der Waals surface area contributed by atoms with Crippen LogP contribution in [0.4, 0.5) is 17.6 Å². The number of aliphatic carboxylic acids is 1. The normalized spacial score (nSPS) is 19.2. The molecule has 26 heavy (non-hydrogen) atoms. The highest BCUT2D eigenvalue weighted by Crippen LogP contribution is 2.27. The standard InChI is InChI=1S/C15H17F4NO5S/c16-14(17)15(18,19)9-25-8-10-3-1-4-11(7-10)26(23,24)20-6-2-5-12(20)13(21)22/h1,3-4,7,12,14H,2,5-6,8-9H2,(H,21,22)/t12-/m1/s1. The molecule has 1 fully saturated rings. The number of carboxylic acids is 1. The van der Waals surface area contributed by atoms with E-state index >= 15 is 0 Å². The number of carbonyl (C=O) groups is 1. The molecule has 0 aromatic heterocycles. The van der Waals surface area contributed by atoms with E-state index in [9.17, 15) is 30.8 Å². The van der Waals surface area contributed by atoms with E-state index in [1.54, 1.807) is 0 Å². The Morgan fingerprint density at radius 2 is 2.08 bits per heavy atom. The predicted octanol–water partition coefficient (Wildman–Crippen LogP) is 2.34. The summed E-state index contributed by atoms with van der Waals surface area (Å²) in [7, 11) is -4.09. The summed E-state index contributed by atoms with van der Waals surface area (Å²) in [5, 5.41) is 9.13. The molecule has 0 aliphatic carbocycles. The lowest BCUT2D eigenvalue weighted by Gasteiger charge is -2.21. The van der Waals surface area contributed by atoms with Gasteiger partial charge < -0.3 is 9.84 Å². The van der Waals surface area contributed by atoms with Crippen LogP contribution in [0.1, 0.15) is 18.4 Å². The van der Waals surface area contributed by atoms with Gasteiger partial charge in [0.1, 0.15) is 12.6 Å². The summed E-state index contributed by atoms with van der Waals surface area (Å²) in [4.78, 5) is 11.0. The first kappa shape index (κ1) is 20.6. The van der Waals surface area contributed by atoms with Crippen LogP contribution in [-0.4, -0.2) is 55.3 Å². The van der Waals surface area contributed by atoms with E-state index in [0.29, 0.717) is 6.42 Å². The van der Waals surface area contributed by atoms with Crippen molar-refractivity contribution >= 4 is 16.0 Å². The van der Waals surface area contributed by atoms with Crippen LogP contribution < -0.4 is 0 Å². The van der Waals surface area contributed by atoms with Crippen molar-refractivity contribution in [1.29, 1.82) is 0 Å². The lowest BCUT2D eigenvalue weighted by atomic mass is 10.2. The summed E-state index contributed by atoms with van der Waals surface area (Å²) in [6.45, 7) is -1.94. The summed E-state index contributed by atoms with van der Waals surface area (Å²) in [6, 6.07) is 3.95. The van der Waals surface area contributed by atoms with Crippen molar-refractivity contribution < 1.29 is 40.6 Å². The van der Waals surface area contributed by atoms with Gasteiger partial charge in [-0.05, 0) is 30.5 Å². The molecular weight excluding hydrogens is 382 g/mol. The van der Waals surface area contributed by atoms with E-state index in [4.69, 9.17) is 5.11 Å². The smallest absolute Gasteiger partial charge is 0.330 e. The number of hydrogen-bond donors (Lipinski definition) is 1. The Labute approximate surface area is 147 Å². The minimum absolute atomic E-state index is 0.0562. The summed E-state index contributed by atoms with van der Waals surface area (Å²) >= 11 is 0. The minimum atomic E-state index is -4.30. The molecule has 0 unspecified atom stereocenters. The van der Waals surface area contributed by atoms with E-state index < -0.39 is 47.6 Å². The number of carboxylic acid groups (broad SMARTS) is 1. The predicted molar refractivity (Wildman–Crippen MR) is 81.6 cm³/mol. The molecule has 1 aromatic carbocycles. The number of ether oxygens (including phenoxy) is 1. The maximum absolute atomic E-state index is 12.8. The Bertz CT molecular complexity index is 756. The van der Waals surface area contributed by atoms with Crippen molar-refractivity contribution in [2.75, 3.05) is 13.2 Å². The van der Waals surface area contributed by atoms with Crippen LogP contribution in [0.3, 0.4) is 0 Å². The molecule has 0 radical (unpaired) electrons. The minimum Gasteiger partial charge on any atom is -0.480 e. The van der Waals surface area contributed by atoms with Crippen molar-refractivity contribution in [3.8, 4) is 0 Å². The number of alkyl halides is 4. The molecule has 0 amide bonds. The van der Waals surface area contributed by atoms with Crippen LogP contribution in [0.5, 0.6) is 0 Å². The molecule has 1 atom stereocenters. The van der Waals surface area contributed by atoms with Gasteiger partial charge in [0, 0.05) is 6.54 Å². The second-order valence-electron chi connectivity index (χ2n) is 5.81. The highest BCUT2D eigenvalue weighted by atomic mass is 32.2. The number of rotatable bonds is 8. The van der Waals surface area contributed by atoms with E-state index in [1.807, 2.05) is 0 Å². The zero-order chi connectivity index (χ0) is 19.5.